The maximum absolute atomic E-state index is 12.0. The first-order chi connectivity index (χ1) is 10.2. The van der Waals surface area contributed by atoms with Gasteiger partial charge in [-0.3, -0.25) is 4.79 Å². The molecule has 3 nitrogen and oxygen atoms in total. The summed E-state index contributed by atoms with van der Waals surface area (Å²) in [6.45, 7) is 5.74. The van der Waals surface area contributed by atoms with Crippen LogP contribution in [0.3, 0.4) is 0 Å². The van der Waals surface area contributed by atoms with Crippen molar-refractivity contribution in [3.05, 3.63) is 51.7 Å². The second-order valence-corrected chi connectivity index (χ2v) is 6.20. The van der Waals surface area contributed by atoms with Crippen LogP contribution < -0.4 is 10.6 Å². The number of hydrogen-bond donors (Lipinski definition) is 2. The van der Waals surface area contributed by atoms with Crippen molar-refractivity contribution in [2.75, 3.05) is 18.4 Å². The average molecular weight is 302 g/mol. The highest BCUT2D eigenvalue weighted by Gasteiger charge is 2.10. The van der Waals surface area contributed by atoms with E-state index in [0.29, 0.717) is 6.54 Å². The number of rotatable bonds is 7. The molecule has 1 aromatic heterocycles. The van der Waals surface area contributed by atoms with Crippen LogP contribution in [0.5, 0.6) is 0 Å². The summed E-state index contributed by atoms with van der Waals surface area (Å²) in [5.41, 5.74) is 2.39. The van der Waals surface area contributed by atoms with E-state index in [9.17, 15) is 4.79 Å². The zero-order chi connectivity index (χ0) is 15.1. The monoisotopic (exact) mass is 302 g/mol. The lowest BCUT2D eigenvalue weighted by Crippen LogP contribution is -2.25. The van der Waals surface area contributed by atoms with Gasteiger partial charge < -0.3 is 10.6 Å². The Balaban J connectivity index is 1.69. The predicted molar refractivity (Wildman–Crippen MR) is 90.3 cm³/mol. The van der Waals surface area contributed by atoms with Crippen molar-refractivity contribution < 1.29 is 4.79 Å². The number of aryl methyl sites for hydroxylation is 2. The molecule has 21 heavy (non-hydrogen) atoms. The Labute approximate surface area is 130 Å². The number of thiophene rings is 1. The van der Waals surface area contributed by atoms with Crippen LogP contribution in [0.1, 0.15) is 33.5 Å². The van der Waals surface area contributed by atoms with Gasteiger partial charge in [-0.25, -0.2) is 0 Å². The van der Waals surface area contributed by atoms with E-state index in [2.05, 4.69) is 24.5 Å². The molecule has 0 atom stereocenters. The highest BCUT2D eigenvalue weighted by molar-refractivity contribution is 7.14. The zero-order valence-corrected chi connectivity index (χ0v) is 13.4. The quantitative estimate of drug-likeness (QED) is 0.763. The second-order valence-electron chi connectivity index (χ2n) is 4.95. The molecule has 0 saturated carbocycles. The molecule has 0 radical (unpaired) electrons. The Morgan fingerprint density at radius 3 is 2.62 bits per heavy atom. The molecule has 1 amide bonds. The summed E-state index contributed by atoms with van der Waals surface area (Å²) in [6, 6.07) is 12.1. The van der Waals surface area contributed by atoms with Crippen LogP contribution >= 0.6 is 11.3 Å². The molecular weight excluding hydrogens is 280 g/mol. The smallest absolute Gasteiger partial charge is 0.261 e. The van der Waals surface area contributed by atoms with Gasteiger partial charge in [0.2, 0.25) is 0 Å². The van der Waals surface area contributed by atoms with Gasteiger partial charge in [-0.15, -0.1) is 11.3 Å². The van der Waals surface area contributed by atoms with E-state index in [-0.39, 0.29) is 5.91 Å². The Bertz CT molecular complexity index is 578. The van der Waals surface area contributed by atoms with Gasteiger partial charge in [0.05, 0.1) is 4.88 Å². The standard InChI is InChI=1S/C17H22N2OS/c1-3-14-12-16(21-13(14)2)17(20)19-11-7-10-18-15-8-5-4-6-9-15/h4-6,8-9,12,18H,3,7,10-11H2,1-2H3,(H,19,20). The van der Waals surface area contributed by atoms with Crippen molar-refractivity contribution in [1.29, 1.82) is 0 Å². The summed E-state index contributed by atoms with van der Waals surface area (Å²) in [5.74, 6) is 0.0440. The van der Waals surface area contributed by atoms with Crippen LogP contribution in [0, 0.1) is 6.92 Å². The van der Waals surface area contributed by atoms with E-state index < -0.39 is 0 Å². The van der Waals surface area contributed by atoms with Crippen LogP contribution in [-0.4, -0.2) is 19.0 Å². The van der Waals surface area contributed by atoms with Gasteiger partial charge in [-0.05, 0) is 43.5 Å². The molecule has 0 spiro atoms. The lowest BCUT2D eigenvalue weighted by molar-refractivity contribution is 0.0957. The fourth-order valence-electron chi connectivity index (χ4n) is 2.15. The van der Waals surface area contributed by atoms with Crippen molar-refractivity contribution >= 4 is 22.9 Å². The molecule has 0 saturated heterocycles. The van der Waals surface area contributed by atoms with Gasteiger partial charge in [0.15, 0.2) is 0 Å². The lowest BCUT2D eigenvalue weighted by atomic mass is 10.2. The molecule has 112 valence electrons. The first kappa shape index (κ1) is 15.6. The fourth-order valence-corrected chi connectivity index (χ4v) is 3.18. The van der Waals surface area contributed by atoms with E-state index in [1.807, 2.05) is 36.4 Å². The minimum absolute atomic E-state index is 0.0440. The van der Waals surface area contributed by atoms with E-state index in [1.165, 1.54) is 10.4 Å². The molecule has 2 N–H and O–H groups in total. The number of anilines is 1. The van der Waals surface area contributed by atoms with Crippen LogP contribution in [0.2, 0.25) is 0 Å². The molecule has 0 bridgehead atoms. The molecule has 2 aromatic rings. The van der Waals surface area contributed by atoms with Gasteiger partial charge in [0.1, 0.15) is 0 Å². The molecule has 2 rings (SSSR count). The number of benzene rings is 1. The summed E-state index contributed by atoms with van der Waals surface area (Å²) >= 11 is 1.58. The second kappa shape index (κ2) is 7.84. The largest absolute Gasteiger partial charge is 0.385 e. The van der Waals surface area contributed by atoms with Crippen molar-refractivity contribution in [3.63, 3.8) is 0 Å². The maximum Gasteiger partial charge on any atom is 0.261 e. The van der Waals surface area contributed by atoms with Crippen molar-refractivity contribution in [2.24, 2.45) is 0 Å². The highest BCUT2D eigenvalue weighted by Crippen LogP contribution is 2.21. The first-order valence-electron chi connectivity index (χ1n) is 7.37. The number of carbonyl (C=O) groups is 1. The number of carbonyl (C=O) groups excluding carboxylic acids is 1. The SMILES string of the molecule is CCc1cc(C(=O)NCCCNc2ccccc2)sc1C. The third kappa shape index (κ3) is 4.60. The van der Waals surface area contributed by atoms with Gasteiger partial charge in [-0.2, -0.15) is 0 Å². The number of amides is 1. The molecule has 1 heterocycles. The van der Waals surface area contributed by atoms with Crippen LogP contribution in [-0.2, 0) is 6.42 Å². The molecule has 4 heteroatoms. The summed E-state index contributed by atoms with van der Waals surface area (Å²) in [4.78, 5) is 14.1. The van der Waals surface area contributed by atoms with Gasteiger partial charge in [-0.1, -0.05) is 25.1 Å². The minimum Gasteiger partial charge on any atom is -0.385 e. The first-order valence-corrected chi connectivity index (χ1v) is 8.18. The van der Waals surface area contributed by atoms with Gasteiger partial charge >= 0.3 is 0 Å². The van der Waals surface area contributed by atoms with Crippen molar-refractivity contribution in [2.45, 2.75) is 26.7 Å². The fraction of sp³-hybridized carbons (Fsp3) is 0.353. The topological polar surface area (TPSA) is 41.1 Å². The Hall–Kier alpha value is -1.81. The van der Waals surface area contributed by atoms with Gasteiger partial charge in [0.25, 0.3) is 5.91 Å². The van der Waals surface area contributed by atoms with Crippen LogP contribution in [0.4, 0.5) is 5.69 Å². The Morgan fingerprint density at radius 2 is 1.95 bits per heavy atom. The maximum atomic E-state index is 12.0. The molecule has 0 unspecified atom stereocenters. The van der Waals surface area contributed by atoms with E-state index in [1.54, 1.807) is 11.3 Å². The summed E-state index contributed by atoms with van der Waals surface area (Å²) in [6.07, 6.45) is 1.89. The van der Waals surface area contributed by atoms with Crippen molar-refractivity contribution in [3.8, 4) is 0 Å². The van der Waals surface area contributed by atoms with Crippen molar-refractivity contribution in [1.82, 2.24) is 5.32 Å². The predicted octanol–water partition coefficient (Wildman–Crippen LogP) is 3.85. The summed E-state index contributed by atoms with van der Waals surface area (Å²) < 4.78 is 0. The molecule has 0 aliphatic carbocycles. The zero-order valence-electron chi connectivity index (χ0n) is 12.6. The van der Waals surface area contributed by atoms with Gasteiger partial charge in [0, 0.05) is 23.7 Å². The summed E-state index contributed by atoms with van der Waals surface area (Å²) in [5, 5.41) is 6.31. The number of hydrogen-bond acceptors (Lipinski definition) is 3. The van der Waals surface area contributed by atoms with Crippen LogP contribution in [0.15, 0.2) is 36.4 Å². The molecular formula is C17H22N2OS. The normalized spacial score (nSPS) is 10.4. The third-order valence-corrected chi connectivity index (χ3v) is 4.46. The number of nitrogens with one attached hydrogen (secondary N) is 2. The minimum atomic E-state index is 0.0440. The third-order valence-electron chi connectivity index (χ3n) is 3.37. The molecule has 1 aromatic carbocycles. The molecule has 0 fully saturated rings. The number of para-hydroxylation sites is 1. The van der Waals surface area contributed by atoms with E-state index in [0.717, 1.165) is 30.0 Å². The van der Waals surface area contributed by atoms with E-state index in [4.69, 9.17) is 0 Å². The Morgan fingerprint density at radius 1 is 1.19 bits per heavy atom. The summed E-state index contributed by atoms with van der Waals surface area (Å²) in [7, 11) is 0. The molecule has 0 aliphatic heterocycles. The van der Waals surface area contributed by atoms with E-state index >= 15 is 0 Å². The molecule has 0 aliphatic rings. The Kier molecular flexibility index (Phi) is 5.81. The lowest BCUT2D eigenvalue weighted by Gasteiger charge is -2.06. The van der Waals surface area contributed by atoms with Crippen LogP contribution in [0.25, 0.3) is 0 Å². The average Bonchev–Trinajstić information content (AvgIpc) is 2.89. The highest BCUT2D eigenvalue weighted by atomic mass is 32.1.